The van der Waals surface area contributed by atoms with Crippen molar-refractivity contribution in [1.29, 1.82) is 0 Å². The van der Waals surface area contributed by atoms with Gasteiger partial charge in [0.15, 0.2) is 0 Å². The molecule has 0 atom stereocenters. The minimum Gasteiger partial charge on any atom is -0.379 e. The highest BCUT2D eigenvalue weighted by Crippen LogP contribution is 2.11. The highest BCUT2D eigenvalue weighted by Gasteiger charge is 1.98. The molecule has 0 saturated carbocycles. The second-order valence-electron chi connectivity index (χ2n) is 4.46. The summed E-state index contributed by atoms with van der Waals surface area (Å²) in [6, 6.07) is 4.27. The van der Waals surface area contributed by atoms with Gasteiger partial charge in [-0.1, -0.05) is 26.8 Å². The van der Waals surface area contributed by atoms with E-state index in [1.165, 1.54) is 11.3 Å². The van der Waals surface area contributed by atoms with Crippen molar-refractivity contribution in [3.63, 3.8) is 0 Å². The van der Waals surface area contributed by atoms with Gasteiger partial charge in [-0.3, -0.25) is 4.98 Å². The summed E-state index contributed by atoms with van der Waals surface area (Å²) >= 11 is 0. The van der Waals surface area contributed by atoms with E-state index in [1.54, 1.807) is 0 Å². The zero-order valence-electron chi connectivity index (χ0n) is 11.2. The first kappa shape index (κ1) is 14.1. The van der Waals surface area contributed by atoms with Crippen LogP contribution in [0, 0.1) is 0 Å². The highest BCUT2D eigenvalue weighted by molar-refractivity contribution is 5.15. The standard InChI is InChI=1S/C10H15N.C4H9NO/c1-4-9-5-6-10(8(2)3)11-7-9;1-3-6-4-2-5-1/h5-8H,4H2,1-3H3;5H,1-4H2. The third-order valence-electron chi connectivity index (χ3n) is 2.69. The lowest BCUT2D eigenvalue weighted by Crippen LogP contribution is -2.30. The molecule has 1 saturated heterocycles. The van der Waals surface area contributed by atoms with Crippen LogP contribution in [0.2, 0.25) is 0 Å². The number of hydrogen-bond donors (Lipinski definition) is 1. The van der Waals surface area contributed by atoms with Crippen LogP contribution in [0.4, 0.5) is 0 Å². The number of nitrogens with zero attached hydrogens (tertiary/aromatic N) is 1. The van der Waals surface area contributed by atoms with Crippen LogP contribution in [0.5, 0.6) is 0 Å². The van der Waals surface area contributed by atoms with Crippen LogP contribution in [0.25, 0.3) is 0 Å². The minimum absolute atomic E-state index is 0.543. The lowest BCUT2D eigenvalue weighted by Gasteiger charge is -2.10. The van der Waals surface area contributed by atoms with Crippen molar-refractivity contribution in [2.45, 2.75) is 33.1 Å². The molecule has 1 fully saturated rings. The molecule has 2 rings (SSSR count). The van der Waals surface area contributed by atoms with Crippen LogP contribution >= 0.6 is 0 Å². The summed E-state index contributed by atoms with van der Waals surface area (Å²) in [6.45, 7) is 10.3. The van der Waals surface area contributed by atoms with E-state index >= 15 is 0 Å². The molecule has 0 aromatic carbocycles. The fraction of sp³-hybridized carbons (Fsp3) is 0.643. The number of aryl methyl sites for hydroxylation is 1. The fourth-order valence-corrected chi connectivity index (χ4v) is 1.50. The Hall–Kier alpha value is -0.930. The summed E-state index contributed by atoms with van der Waals surface area (Å²) in [7, 11) is 0. The van der Waals surface area contributed by atoms with Gasteiger partial charge in [0.2, 0.25) is 0 Å². The third-order valence-corrected chi connectivity index (χ3v) is 2.69. The van der Waals surface area contributed by atoms with E-state index in [1.807, 2.05) is 6.20 Å². The Balaban J connectivity index is 0.000000202. The summed E-state index contributed by atoms with van der Waals surface area (Å²) in [6.07, 6.45) is 3.04. The molecule has 0 bridgehead atoms. The molecule has 0 radical (unpaired) electrons. The Labute approximate surface area is 105 Å². The van der Waals surface area contributed by atoms with E-state index in [0.29, 0.717) is 5.92 Å². The largest absolute Gasteiger partial charge is 0.379 e. The highest BCUT2D eigenvalue weighted by atomic mass is 16.5. The molecule has 0 spiro atoms. The number of hydrogen-bond acceptors (Lipinski definition) is 3. The Morgan fingerprint density at radius 2 is 2.00 bits per heavy atom. The summed E-state index contributed by atoms with van der Waals surface area (Å²) < 4.78 is 5.01. The molecule has 1 aliphatic rings. The van der Waals surface area contributed by atoms with E-state index < -0.39 is 0 Å². The maximum atomic E-state index is 5.01. The predicted molar refractivity (Wildman–Crippen MR) is 71.4 cm³/mol. The molecule has 0 amide bonds. The zero-order chi connectivity index (χ0) is 12.5. The molecule has 0 unspecified atom stereocenters. The number of nitrogens with one attached hydrogen (secondary N) is 1. The molecule has 0 aliphatic carbocycles. The average molecular weight is 236 g/mol. The summed E-state index contributed by atoms with van der Waals surface area (Å²) in [4.78, 5) is 4.35. The molecular weight excluding hydrogens is 212 g/mol. The second-order valence-corrected chi connectivity index (χ2v) is 4.46. The molecule has 1 N–H and O–H groups in total. The van der Waals surface area contributed by atoms with Crippen LogP contribution in [0.15, 0.2) is 18.3 Å². The molecule has 2 heterocycles. The van der Waals surface area contributed by atoms with Gasteiger partial charge < -0.3 is 10.1 Å². The van der Waals surface area contributed by atoms with Gasteiger partial charge in [0, 0.05) is 25.0 Å². The number of pyridine rings is 1. The fourth-order valence-electron chi connectivity index (χ4n) is 1.50. The van der Waals surface area contributed by atoms with E-state index in [9.17, 15) is 0 Å². The first-order valence-electron chi connectivity index (χ1n) is 6.47. The molecule has 96 valence electrons. The van der Waals surface area contributed by atoms with Gasteiger partial charge >= 0.3 is 0 Å². The van der Waals surface area contributed by atoms with Crippen LogP contribution < -0.4 is 5.32 Å². The van der Waals surface area contributed by atoms with E-state index in [2.05, 4.69) is 43.2 Å². The maximum absolute atomic E-state index is 5.01. The van der Waals surface area contributed by atoms with Crippen LogP contribution in [-0.2, 0) is 11.2 Å². The van der Waals surface area contributed by atoms with E-state index in [4.69, 9.17) is 4.74 Å². The van der Waals surface area contributed by atoms with Gasteiger partial charge in [-0.2, -0.15) is 0 Å². The number of morpholine rings is 1. The average Bonchev–Trinajstić information content (AvgIpc) is 2.41. The molecule has 1 aliphatic heterocycles. The topological polar surface area (TPSA) is 34.1 Å². The summed E-state index contributed by atoms with van der Waals surface area (Å²) in [5.41, 5.74) is 2.50. The van der Waals surface area contributed by atoms with Gasteiger partial charge in [-0.15, -0.1) is 0 Å². The SMILES string of the molecule is C1COCCN1.CCc1ccc(C(C)C)nc1. The summed E-state index contributed by atoms with van der Waals surface area (Å²) in [5, 5.41) is 3.16. The minimum atomic E-state index is 0.543. The van der Waals surface area contributed by atoms with Crippen molar-refractivity contribution in [3.05, 3.63) is 29.6 Å². The van der Waals surface area contributed by atoms with Crippen molar-refractivity contribution >= 4 is 0 Å². The van der Waals surface area contributed by atoms with Gasteiger partial charge in [0.25, 0.3) is 0 Å². The molecule has 1 aromatic rings. The van der Waals surface area contributed by atoms with Crippen molar-refractivity contribution < 1.29 is 4.74 Å². The molecule has 3 nitrogen and oxygen atoms in total. The number of rotatable bonds is 2. The molecule has 1 aromatic heterocycles. The molecule has 17 heavy (non-hydrogen) atoms. The van der Waals surface area contributed by atoms with Crippen LogP contribution in [-0.4, -0.2) is 31.3 Å². The lowest BCUT2D eigenvalue weighted by molar-refractivity contribution is 0.109. The van der Waals surface area contributed by atoms with E-state index in [-0.39, 0.29) is 0 Å². The monoisotopic (exact) mass is 236 g/mol. The van der Waals surface area contributed by atoms with Crippen molar-refractivity contribution in [2.75, 3.05) is 26.3 Å². The Kier molecular flexibility index (Phi) is 6.82. The van der Waals surface area contributed by atoms with Gasteiger partial charge in [-0.05, 0) is 24.0 Å². The normalized spacial score (nSPS) is 15.3. The Bertz CT molecular complexity index is 280. The van der Waals surface area contributed by atoms with Crippen LogP contribution in [0.3, 0.4) is 0 Å². The van der Waals surface area contributed by atoms with Crippen molar-refractivity contribution in [3.8, 4) is 0 Å². The maximum Gasteiger partial charge on any atom is 0.0591 e. The summed E-state index contributed by atoms with van der Waals surface area (Å²) in [5.74, 6) is 0.543. The lowest BCUT2D eigenvalue weighted by atomic mass is 10.1. The Morgan fingerprint density at radius 3 is 2.29 bits per heavy atom. The smallest absolute Gasteiger partial charge is 0.0591 e. The van der Waals surface area contributed by atoms with Crippen molar-refractivity contribution in [1.82, 2.24) is 10.3 Å². The first-order chi connectivity index (χ1) is 8.24. The van der Waals surface area contributed by atoms with E-state index in [0.717, 1.165) is 32.7 Å². The molecule has 3 heteroatoms. The third kappa shape index (κ3) is 5.80. The van der Waals surface area contributed by atoms with Gasteiger partial charge in [-0.25, -0.2) is 0 Å². The molecular formula is C14H24N2O. The second kappa shape index (κ2) is 8.20. The number of ether oxygens (including phenoxy) is 1. The van der Waals surface area contributed by atoms with Crippen LogP contribution in [0.1, 0.15) is 37.9 Å². The van der Waals surface area contributed by atoms with Crippen molar-refractivity contribution in [2.24, 2.45) is 0 Å². The quantitative estimate of drug-likeness (QED) is 0.856. The zero-order valence-corrected chi connectivity index (χ0v) is 11.2. The Morgan fingerprint density at radius 1 is 1.29 bits per heavy atom. The van der Waals surface area contributed by atoms with Gasteiger partial charge in [0.1, 0.15) is 0 Å². The number of aromatic nitrogens is 1. The first-order valence-corrected chi connectivity index (χ1v) is 6.47. The van der Waals surface area contributed by atoms with Gasteiger partial charge in [0.05, 0.1) is 13.2 Å². The predicted octanol–water partition coefficient (Wildman–Crippen LogP) is 2.37.